The first-order chi connectivity index (χ1) is 11.2. The number of hydrogen-bond acceptors (Lipinski definition) is 2. The Kier molecular flexibility index (Phi) is 7.83. The van der Waals surface area contributed by atoms with Crippen LogP contribution in [0.15, 0.2) is 29.3 Å². The monoisotopic (exact) mass is 471 g/mol. The zero-order valence-corrected chi connectivity index (χ0v) is 16.9. The van der Waals surface area contributed by atoms with E-state index < -0.39 is 12.6 Å². The number of halogens is 4. The fraction of sp³-hybridized carbons (Fsp3) is 0.588. The number of guanidine groups is 1. The lowest BCUT2D eigenvalue weighted by Crippen LogP contribution is -2.45. The number of rotatable bonds is 4. The van der Waals surface area contributed by atoms with Gasteiger partial charge in [-0.25, -0.2) is 0 Å². The van der Waals surface area contributed by atoms with E-state index in [4.69, 9.17) is 4.74 Å². The van der Waals surface area contributed by atoms with Gasteiger partial charge in [-0.15, -0.1) is 24.0 Å². The van der Waals surface area contributed by atoms with Crippen molar-refractivity contribution in [2.45, 2.75) is 51.4 Å². The molecular formula is C17H25F3IN3O. The Bertz CT molecular complexity index is 591. The van der Waals surface area contributed by atoms with Crippen molar-refractivity contribution in [3.05, 3.63) is 29.8 Å². The first kappa shape index (κ1) is 21.9. The second-order valence-corrected chi connectivity index (χ2v) is 6.43. The van der Waals surface area contributed by atoms with Crippen LogP contribution >= 0.6 is 24.0 Å². The lowest BCUT2D eigenvalue weighted by atomic mass is 9.90. The number of fused-ring (bicyclic) bond motifs is 1. The van der Waals surface area contributed by atoms with Crippen LogP contribution in [0.4, 0.5) is 13.2 Å². The largest absolute Gasteiger partial charge is 0.487 e. The molecule has 25 heavy (non-hydrogen) atoms. The SMILES string of the molecule is CCNC(=NCCC(F)(F)F)NC1CC(C)(C)Oc2ccccc21.I. The van der Waals surface area contributed by atoms with Gasteiger partial charge in [-0.3, -0.25) is 4.99 Å². The quantitative estimate of drug-likeness (QED) is 0.389. The lowest BCUT2D eigenvalue weighted by Gasteiger charge is -2.38. The van der Waals surface area contributed by atoms with E-state index in [1.807, 2.05) is 45.0 Å². The van der Waals surface area contributed by atoms with E-state index in [1.165, 1.54) is 0 Å². The molecule has 1 aromatic rings. The van der Waals surface area contributed by atoms with Crippen molar-refractivity contribution in [2.24, 2.45) is 4.99 Å². The molecule has 1 aliphatic rings. The minimum atomic E-state index is -4.20. The molecule has 1 unspecified atom stereocenters. The maximum absolute atomic E-state index is 12.3. The van der Waals surface area contributed by atoms with Gasteiger partial charge < -0.3 is 15.4 Å². The van der Waals surface area contributed by atoms with Gasteiger partial charge in [0.2, 0.25) is 0 Å². The molecule has 0 spiro atoms. The maximum Gasteiger partial charge on any atom is 0.390 e. The van der Waals surface area contributed by atoms with Crippen molar-refractivity contribution in [3.8, 4) is 5.75 Å². The Morgan fingerprint density at radius 1 is 1.32 bits per heavy atom. The summed E-state index contributed by atoms with van der Waals surface area (Å²) in [6, 6.07) is 7.61. The van der Waals surface area contributed by atoms with Crippen molar-refractivity contribution in [2.75, 3.05) is 13.1 Å². The third-order valence-electron chi connectivity index (χ3n) is 3.70. The van der Waals surface area contributed by atoms with E-state index in [0.717, 1.165) is 11.3 Å². The smallest absolute Gasteiger partial charge is 0.390 e. The first-order valence-electron chi connectivity index (χ1n) is 8.10. The lowest BCUT2D eigenvalue weighted by molar-refractivity contribution is -0.132. The fourth-order valence-corrected chi connectivity index (χ4v) is 2.71. The molecule has 1 atom stereocenters. The average Bonchev–Trinajstić information content (AvgIpc) is 2.45. The van der Waals surface area contributed by atoms with Crippen molar-refractivity contribution in [3.63, 3.8) is 0 Å². The predicted octanol–water partition coefficient (Wildman–Crippen LogP) is 4.41. The third-order valence-corrected chi connectivity index (χ3v) is 3.70. The van der Waals surface area contributed by atoms with E-state index in [0.29, 0.717) is 18.9 Å². The van der Waals surface area contributed by atoms with E-state index >= 15 is 0 Å². The summed E-state index contributed by atoms with van der Waals surface area (Å²) >= 11 is 0. The number of benzene rings is 1. The van der Waals surface area contributed by atoms with Crippen molar-refractivity contribution in [1.29, 1.82) is 0 Å². The molecule has 2 N–H and O–H groups in total. The minimum absolute atomic E-state index is 0. The van der Waals surface area contributed by atoms with Crippen LogP contribution in [-0.2, 0) is 0 Å². The molecule has 1 aliphatic heterocycles. The Labute approximate surface area is 163 Å². The standard InChI is InChI=1S/C17H24F3N3O.HI/c1-4-21-15(22-10-9-17(18,19)20)23-13-11-16(2,3)24-14-8-6-5-7-12(13)14;/h5-8,13H,4,9-11H2,1-3H3,(H2,21,22,23);1H. The van der Waals surface area contributed by atoms with Crippen LogP contribution in [0.1, 0.15) is 45.2 Å². The van der Waals surface area contributed by atoms with E-state index in [-0.39, 0.29) is 42.2 Å². The van der Waals surface area contributed by atoms with Gasteiger partial charge in [-0.05, 0) is 26.8 Å². The summed E-state index contributed by atoms with van der Waals surface area (Å²) < 4.78 is 42.9. The summed E-state index contributed by atoms with van der Waals surface area (Å²) in [7, 11) is 0. The van der Waals surface area contributed by atoms with Crippen LogP contribution in [0.5, 0.6) is 5.75 Å². The molecular weight excluding hydrogens is 446 g/mol. The van der Waals surface area contributed by atoms with Crippen LogP contribution in [-0.4, -0.2) is 30.8 Å². The summed E-state index contributed by atoms with van der Waals surface area (Å²) in [5.74, 6) is 1.18. The summed E-state index contributed by atoms with van der Waals surface area (Å²) in [5.41, 5.74) is 0.619. The highest BCUT2D eigenvalue weighted by Gasteiger charge is 2.34. The number of alkyl halides is 3. The predicted molar refractivity (Wildman–Crippen MR) is 104 cm³/mol. The number of para-hydroxylation sites is 1. The second kappa shape index (κ2) is 8.95. The first-order valence-corrected chi connectivity index (χ1v) is 8.10. The van der Waals surface area contributed by atoms with Gasteiger partial charge in [-0.2, -0.15) is 13.2 Å². The highest BCUT2D eigenvalue weighted by Crippen LogP contribution is 2.39. The van der Waals surface area contributed by atoms with Crippen LogP contribution in [0.2, 0.25) is 0 Å². The fourth-order valence-electron chi connectivity index (χ4n) is 2.71. The molecule has 0 aliphatic carbocycles. The van der Waals surface area contributed by atoms with Crippen LogP contribution in [0.3, 0.4) is 0 Å². The van der Waals surface area contributed by atoms with Gasteiger partial charge in [0, 0.05) is 18.5 Å². The Morgan fingerprint density at radius 2 is 2.00 bits per heavy atom. The van der Waals surface area contributed by atoms with Gasteiger partial charge in [0.15, 0.2) is 5.96 Å². The molecule has 0 radical (unpaired) electrons. The summed E-state index contributed by atoms with van der Waals surface area (Å²) in [5, 5.41) is 6.25. The molecule has 142 valence electrons. The molecule has 0 bridgehead atoms. The molecule has 0 fully saturated rings. The number of hydrogen-bond donors (Lipinski definition) is 2. The van der Waals surface area contributed by atoms with E-state index in [1.54, 1.807) is 0 Å². The molecule has 8 heteroatoms. The van der Waals surface area contributed by atoms with Gasteiger partial charge in [0.05, 0.1) is 19.0 Å². The molecule has 2 rings (SSSR count). The normalized spacial score (nSPS) is 19.3. The summed E-state index contributed by atoms with van der Waals surface area (Å²) in [6.07, 6.45) is -4.44. The Hall–Kier alpha value is -1.19. The van der Waals surface area contributed by atoms with Gasteiger partial charge in [0.25, 0.3) is 0 Å². The Morgan fingerprint density at radius 3 is 2.64 bits per heavy atom. The molecule has 1 aromatic carbocycles. The molecule has 4 nitrogen and oxygen atoms in total. The highest BCUT2D eigenvalue weighted by atomic mass is 127. The molecule has 0 amide bonds. The van der Waals surface area contributed by atoms with Crippen LogP contribution < -0.4 is 15.4 Å². The second-order valence-electron chi connectivity index (χ2n) is 6.43. The number of ether oxygens (including phenoxy) is 1. The van der Waals surface area contributed by atoms with Crippen LogP contribution in [0, 0.1) is 0 Å². The van der Waals surface area contributed by atoms with Crippen molar-refractivity contribution < 1.29 is 17.9 Å². The van der Waals surface area contributed by atoms with Gasteiger partial charge in [0.1, 0.15) is 11.4 Å². The zero-order chi connectivity index (χ0) is 17.8. The van der Waals surface area contributed by atoms with Gasteiger partial charge >= 0.3 is 6.18 Å². The topological polar surface area (TPSA) is 45.7 Å². The number of nitrogens with zero attached hydrogens (tertiary/aromatic N) is 1. The van der Waals surface area contributed by atoms with Gasteiger partial charge in [-0.1, -0.05) is 18.2 Å². The van der Waals surface area contributed by atoms with Crippen LogP contribution in [0.25, 0.3) is 0 Å². The molecule has 0 saturated heterocycles. The highest BCUT2D eigenvalue weighted by molar-refractivity contribution is 14.0. The third kappa shape index (κ3) is 6.91. The number of nitrogens with one attached hydrogen (secondary N) is 2. The molecule has 0 aromatic heterocycles. The number of aliphatic imine (C=N–C) groups is 1. The van der Waals surface area contributed by atoms with Crippen molar-refractivity contribution >= 4 is 29.9 Å². The van der Waals surface area contributed by atoms with Crippen molar-refractivity contribution in [1.82, 2.24) is 10.6 Å². The minimum Gasteiger partial charge on any atom is -0.487 e. The molecule has 1 heterocycles. The average molecular weight is 471 g/mol. The van der Waals surface area contributed by atoms with E-state index in [9.17, 15) is 13.2 Å². The Balaban J connectivity index is 0.00000312. The summed E-state index contributed by atoms with van der Waals surface area (Å²) in [4.78, 5) is 4.05. The molecule has 0 saturated carbocycles. The maximum atomic E-state index is 12.3. The van der Waals surface area contributed by atoms with E-state index in [2.05, 4.69) is 15.6 Å². The summed E-state index contributed by atoms with van der Waals surface area (Å²) in [6.45, 7) is 6.14. The zero-order valence-electron chi connectivity index (χ0n) is 14.6.